The van der Waals surface area contributed by atoms with Crippen molar-refractivity contribution in [2.75, 3.05) is 46.2 Å². The summed E-state index contributed by atoms with van der Waals surface area (Å²) in [5.74, 6) is 0.625. The Bertz CT molecular complexity index is 800. The van der Waals surface area contributed by atoms with Crippen LogP contribution < -0.4 is 0 Å². The maximum atomic E-state index is 12.0. The third kappa shape index (κ3) is 33.5. The van der Waals surface area contributed by atoms with Crippen LogP contribution in [0.1, 0.15) is 144 Å². The number of ether oxygens (including phenoxy) is 5. The van der Waals surface area contributed by atoms with E-state index < -0.39 is 17.9 Å². The summed E-state index contributed by atoms with van der Waals surface area (Å²) in [6.45, 7) is 14.4. The van der Waals surface area contributed by atoms with Crippen molar-refractivity contribution in [3.8, 4) is 0 Å². The molecule has 0 amide bonds. The standard InChI is InChI=1S/C37H68O10/c1-30(2)12-6-13-31(3)14-7-15-32(4)16-8-17-33(5)22-29-47-37(42)21-20-36(41)46-28-11-26-44-24-9-23-43-25-10-27-45-35(40)19-18-34(38)39/h30-33H,6-29H2,1-5H3,(H,38,39)/t31-,32-,33?/m1/s1. The van der Waals surface area contributed by atoms with Gasteiger partial charge in [-0.3, -0.25) is 19.2 Å². The molecule has 1 N–H and O–H groups in total. The van der Waals surface area contributed by atoms with Gasteiger partial charge in [0.25, 0.3) is 0 Å². The lowest BCUT2D eigenvalue weighted by Gasteiger charge is -2.16. The first-order chi connectivity index (χ1) is 22.5. The van der Waals surface area contributed by atoms with E-state index in [-0.39, 0.29) is 44.9 Å². The second-order valence-corrected chi connectivity index (χ2v) is 13.6. The molecule has 0 radical (unpaired) electrons. The molecule has 0 fully saturated rings. The molecule has 0 aliphatic heterocycles. The smallest absolute Gasteiger partial charge is 0.306 e. The van der Waals surface area contributed by atoms with E-state index in [4.69, 9.17) is 28.8 Å². The maximum absolute atomic E-state index is 12.0. The van der Waals surface area contributed by atoms with Gasteiger partial charge in [0.05, 0.1) is 45.5 Å². The van der Waals surface area contributed by atoms with Crippen LogP contribution in [0.4, 0.5) is 0 Å². The van der Waals surface area contributed by atoms with Crippen LogP contribution in [0.5, 0.6) is 0 Å². The summed E-state index contributed by atoms with van der Waals surface area (Å²) in [5.41, 5.74) is 0. The van der Waals surface area contributed by atoms with E-state index in [0.717, 1.165) is 30.6 Å². The van der Waals surface area contributed by atoms with Gasteiger partial charge in [0.1, 0.15) is 0 Å². The number of aliphatic carboxylic acids is 1. The van der Waals surface area contributed by atoms with Crippen molar-refractivity contribution in [2.24, 2.45) is 23.7 Å². The number of carbonyl (C=O) groups excluding carboxylic acids is 3. The SMILES string of the molecule is CC(C)CCC[C@@H](C)CCC[C@@H](C)CCCC(C)CCOC(=O)CCC(=O)OCCCOCCCOCCCOC(=O)CCC(=O)O. The van der Waals surface area contributed by atoms with Crippen LogP contribution in [0.3, 0.4) is 0 Å². The topological polar surface area (TPSA) is 135 Å². The van der Waals surface area contributed by atoms with Crippen molar-refractivity contribution < 1.29 is 48.0 Å². The molecule has 0 rings (SSSR count). The molecule has 0 aliphatic carbocycles. The second-order valence-electron chi connectivity index (χ2n) is 13.6. The summed E-state index contributed by atoms with van der Waals surface area (Å²) in [6, 6.07) is 0. The number of rotatable bonds is 33. The molecule has 0 aliphatic rings. The van der Waals surface area contributed by atoms with Gasteiger partial charge in [-0.05, 0) is 36.5 Å². The summed E-state index contributed by atoms with van der Waals surface area (Å²) >= 11 is 0. The average molecular weight is 673 g/mol. The monoisotopic (exact) mass is 672 g/mol. The van der Waals surface area contributed by atoms with Crippen LogP contribution >= 0.6 is 0 Å². The fourth-order valence-electron chi connectivity index (χ4n) is 5.10. The average Bonchev–Trinajstić information content (AvgIpc) is 3.01. The zero-order valence-electron chi connectivity index (χ0n) is 30.4. The Balaban J connectivity index is 3.55. The molecule has 0 saturated heterocycles. The quantitative estimate of drug-likeness (QED) is 0.0416. The summed E-state index contributed by atoms with van der Waals surface area (Å²) < 4.78 is 26.3. The van der Waals surface area contributed by atoms with Crippen LogP contribution in [0.2, 0.25) is 0 Å². The van der Waals surface area contributed by atoms with Gasteiger partial charge < -0.3 is 28.8 Å². The Morgan fingerprint density at radius 3 is 1.17 bits per heavy atom. The molecule has 10 heteroatoms. The Labute approximate surface area is 285 Å². The minimum atomic E-state index is -1.03. The van der Waals surface area contributed by atoms with E-state index in [2.05, 4.69) is 34.6 Å². The summed E-state index contributed by atoms with van der Waals surface area (Å²) in [5, 5.41) is 8.52. The maximum Gasteiger partial charge on any atom is 0.306 e. The highest BCUT2D eigenvalue weighted by Crippen LogP contribution is 2.22. The Hall–Kier alpha value is -2.20. The van der Waals surface area contributed by atoms with Crippen LogP contribution in [-0.4, -0.2) is 75.2 Å². The van der Waals surface area contributed by atoms with Crippen molar-refractivity contribution in [1.29, 1.82) is 0 Å². The molecule has 3 atom stereocenters. The minimum absolute atomic E-state index is 0.0166. The van der Waals surface area contributed by atoms with Crippen molar-refractivity contribution in [3.63, 3.8) is 0 Å². The van der Waals surface area contributed by atoms with Crippen LogP contribution in [0.25, 0.3) is 0 Å². The van der Waals surface area contributed by atoms with E-state index in [0.29, 0.717) is 58.2 Å². The highest BCUT2D eigenvalue weighted by molar-refractivity contribution is 5.77. The zero-order valence-corrected chi connectivity index (χ0v) is 30.4. The lowest BCUT2D eigenvalue weighted by atomic mass is 9.91. The lowest BCUT2D eigenvalue weighted by molar-refractivity contribution is -0.150. The fraction of sp³-hybridized carbons (Fsp3) is 0.892. The predicted octanol–water partition coefficient (Wildman–Crippen LogP) is 7.93. The third-order valence-corrected chi connectivity index (χ3v) is 8.19. The zero-order chi connectivity index (χ0) is 35.1. The number of esters is 3. The molecule has 0 spiro atoms. The second kappa shape index (κ2) is 31.1. The first-order valence-corrected chi connectivity index (χ1v) is 18.3. The summed E-state index contributed by atoms with van der Waals surface area (Å²) in [6.07, 6.45) is 14.1. The molecule has 1 unspecified atom stereocenters. The van der Waals surface area contributed by atoms with E-state index in [1.807, 2.05) is 0 Å². The van der Waals surface area contributed by atoms with E-state index >= 15 is 0 Å². The molecule has 0 bridgehead atoms. The number of hydrogen-bond donors (Lipinski definition) is 1. The highest BCUT2D eigenvalue weighted by Gasteiger charge is 2.12. The largest absolute Gasteiger partial charge is 0.481 e. The summed E-state index contributed by atoms with van der Waals surface area (Å²) in [7, 11) is 0. The number of carboxylic acids is 1. The Morgan fingerprint density at radius 2 is 0.766 bits per heavy atom. The molecule has 276 valence electrons. The molecule has 0 aromatic carbocycles. The molecule has 0 saturated carbocycles. The van der Waals surface area contributed by atoms with Crippen LogP contribution in [-0.2, 0) is 42.9 Å². The Morgan fingerprint density at radius 1 is 0.426 bits per heavy atom. The number of carboxylic acid groups (broad SMARTS) is 1. The van der Waals surface area contributed by atoms with Gasteiger partial charge >= 0.3 is 23.9 Å². The molecule has 0 heterocycles. The first kappa shape index (κ1) is 44.8. The van der Waals surface area contributed by atoms with E-state index in [1.54, 1.807) is 0 Å². The van der Waals surface area contributed by atoms with E-state index in [1.165, 1.54) is 51.4 Å². The number of carbonyl (C=O) groups is 4. The van der Waals surface area contributed by atoms with Gasteiger partial charge in [-0.15, -0.1) is 0 Å². The van der Waals surface area contributed by atoms with Crippen molar-refractivity contribution >= 4 is 23.9 Å². The van der Waals surface area contributed by atoms with Gasteiger partial charge in [-0.1, -0.05) is 92.4 Å². The molecular weight excluding hydrogens is 604 g/mol. The lowest BCUT2D eigenvalue weighted by Crippen LogP contribution is -2.13. The third-order valence-electron chi connectivity index (χ3n) is 8.19. The normalized spacial score (nSPS) is 13.2. The van der Waals surface area contributed by atoms with Crippen molar-refractivity contribution in [2.45, 2.75) is 144 Å². The van der Waals surface area contributed by atoms with Gasteiger partial charge in [0.15, 0.2) is 0 Å². The van der Waals surface area contributed by atoms with Gasteiger partial charge in [-0.25, -0.2) is 0 Å². The minimum Gasteiger partial charge on any atom is -0.481 e. The van der Waals surface area contributed by atoms with E-state index in [9.17, 15) is 19.2 Å². The molecule has 47 heavy (non-hydrogen) atoms. The van der Waals surface area contributed by atoms with Crippen LogP contribution in [0, 0.1) is 23.7 Å². The Kier molecular flexibility index (Phi) is 29.6. The molecular formula is C37H68O10. The first-order valence-electron chi connectivity index (χ1n) is 18.3. The summed E-state index contributed by atoms with van der Waals surface area (Å²) in [4.78, 5) is 45.6. The highest BCUT2D eigenvalue weighted by atomic mass is 16.5. The van der Waals surface area contributed by atoms with Crippen molar-refractivity contribution in [1.82, 2.24) is 0 Å². The van der Waals surface area contributed by atoms with Gasteiger partial charge in [0, 0.05) is 39.3 Å². The predicted molar refractivity (Wildman–Crippen MR) is 183 cm³/mol. The number of hydrogen-bond acceptors (Lipinski definition) is 9. The fourth-order valence-corrected chi connectivity index (χ4v) is 5.10. The molecule has 0 aromatic heterocycles. The van der Waals surface area contributed by atoms with Gasteiger partial charge in [0.2, 0.25) is 0 Å². The molecule has 10 nitrogen and oxygen atoms in total. The van der Waals surface area contributed by atoms with Crippen molar-refractivity contribution in [3.05, 3.63) is 0 Å². The van der Waals surface area contributed by atoms with Crippen LogP contribution in [0.15, 0.2) is 0 Å². The molecule has 0 aromatic rings. The van der Waals surface area contributed by atoms with Gasteiger partial charge in [-0.2, -0.15) is 0 Å².